The van der Waals surface area contributed by atoms with Crippen molar-refractivity contribution in [3.05, 3.63) is 17.7 Å². The molecule has 11 heavy (non-hydrogen) atoms. The van der Waals surface area contributed by atoms with Crippen LogP contribution in [0.25, 0.3) is 11.0 Å². The molecule has 0 saturated heterocycles. The Morgan fingerprint density at radius 2 is 2.18 bits per heavy atom. The summed E-state index contributed by atoms with van der Waals surface area (Å²) in [7, 11) is 0. The van der Waals surface area contributed by atoms with Gasteiger partial charge < -0.3 is 0 Å². The topological polar surface area (TPSA) is 51.8 Å². The van der Waals surface area contributed by atoms with E-state index in [0.29, 0.717) is 0 Å². The fraction of sp³-hybridized carbons (Fsp3) is 0.143. The summed E-state index contributed by atoms with van der Waals surface area (Å²) >= 11 is 0.0320. The standard InChI is InChI=1S/C7H7N3Se/c1-4-2-5(8)7-6(3-4)9-11-10-7/h2-3H,8H2,1H3. The van der Waals surface area contributed by atoms with E-state index in [9.17, 15) is 0 Å². The molecule has 0 aliphatic rings. The normalized spacial score (nSPS) is 10.6. The van der Waals surface area contributed by atoms with Crippen molar-refractivity contribution in [2.24, 2.45) is 0 Å². The van der Waals surface area contributed by atoms with Crippen LogP contribution in [-0.4, -0.2) is 22.9 Å². The first kappa shape index (κ1) is 6.83. The fourth-order valence-electron chi connectivity index (χ4n) is 1.06. The van der Waals surface area contributed by atoms with Crippen LogP contribution in [0.5, 0.6) is 0 Å². The van der Waals surface area contributed by atoms with Gasteiger partial charge in [0.1, 0.15) is 0 Å². The molecule has 0 bridgehead atoms. The fourth-order valence-corrected chi connectivity index (χ4v) is 2.21. The molecule has 1 heterocycles. The van der Waals surface area contributed by atoms with Gasteiger partial charge in [0.15, 0.2) is 0 Å². The second-order valence-corrected chi connectivity index (χ2v) is 3.59. The van der Waals surface area contributed by atoms with Crippen molar-refractivity contribution >= 4 is 31.7 Å². The van der Waals surface area contributed by atoms with E-state index in [1.165, 1.54) is 0 Å². The zero-order valence-corrected chi connectivity index (χ0v) is 7.75. The molecule has 0 saturated carbocycles. The summed E-state index contributed by atoms with van der Waals surface area (Å²) in [5.74, 6) is 0. The summed E-state index contributed by atoms with van der Waals surface area (Å²) in [6.07, 6.45) is 0. The minimum absolute atomic E-state index is 0.0320. The predicted molar refractivity (Wildman–Crippen MR) is 45.6 cm³/mol. The summed E-state index contributed by atoms with van der Waals surface area (Å²) in [4.78, 5) is 0. The van der Waals surface area contributed by atoms with Crippen LogP contribution in [0.1, 0.15) is 5.56 Å². The van der Waals surface area contributed by atoms with Crippen molar-refractivity contribution in [3.63, 3.8) is 0 Å². The molecule has 0 fully saturated rings. The van der Waals surface area contributed by atoms with E-state index in [4.69, 9.17) is 5.73 Å². The van der Waals surface area contributed by atoms with Gasteiger partial charge in [-0.05, 0) is 0 Å². The Labute approximate surface area is 70.5 Å². The Hall–Kier alpha value is -0.861. The first-order valence-electron chi connectivity index (χ1n) is 3.26. The molecule has 0 aliphatic carbocycles. The third kappa shape index (κ3) is 1.04. The summed E-state index contributed by atoms with van der Waals surface area (Å²) < 4.78 is 8.45. The van der Waals surface area contributed by atoms with E-state index in [0.717, 1.165) is 22.3 Å². The number of rotatable bonds is 0. The molecule has 0 spiro atoms. The number of aryl methyl sites for hydroxylation is 1. The predicted octanol–water partition coefficient (Wildman–Crippen LogP) is 0.577. The number of nitrogen functional groups attached to an aromatic ring is 1. The maximum atomic E-state index is 5.73. The Balaban J connectivity index is 2.91. The molecule has 2 aromatic rings. The van der Waals surface area contributed by atoms with Crippen LogP contribution in [0.2, 0.25) is 0 Å². The van der Waals surface area contributed by atoms with Crippen molar-refractivity contribution in [2.75, 3.05) is 5.73 Å². The Bertz CT molecular complexity index is 393. The summed E-state index contributed by atoms with van der Waals surface area (Å²) in [6.45, 7) is 2.01. The van der Waals surface area contributed by atoms with Gasteiger partial charge in [-0.3, -0.25) is 0 Å². The first-order chi connectivity index (χ1) is 5.27. The van der Waals surface area contributed by atoms with Crippen LogP contribution in [0, 0.1) is 6.92 Å². The maximum absolute atomic E-state index is 5.73. The molecule has 0 atom stereocenters. The van der Waals surface area contributed by atoms with Gasteiger partial charge in [0, 0.05) is 0 Å². The number of anilines is 1. The number of fused-ring (bicyclic) bond motifs is 1. The van der Waals surface area contributed by atoms with Crippen molar-refractivity contribution < 1.29 is 0 Å². The van der Waals surface area contributed by atoms with Crippen molar-refractivity contribution in [1.29, 1.82) is 0 Å². The van der Waals surface area contributed by atoms with Crippen LogP contribution < -0.4 is 5.73 Å². The van der Waals surface area contributed by atoms with Crippen molar-refractivity contribution in [2.45, 2.75) is 6.92 Å². The third-order valence-corrected chi connectivity index (χ3v) is 2.67. The van der Waals surface area contributed by atoms with Crippen LogP contribution in [-0.2, 0) is 0 Å². The number of nitrogens with two attached hydrogens (primary N) is 1. The molecule has 2 N–H and O–H groups in total. The second kappa shape index (κ2) is 2.32. The molecule has 0 radical (unpaired) electrons. The number of hydrogen-bond donors (Lipinski definition) is 1. The molecule has 56 valence electrons. The van der Waals surface area contributed by atoms with E-state index < -0.39 is 0 Å². The van der Waals surface area contributed by atoms with Crippen LogP contribution >= 0.6 is 0 Å². The average Bonchev–Trinajstić information content (AvgIpc) is 2.34. The van der Waals surface area contributed by atoms with Gasteiger partial charge in [0.05, 0.1) is 0 Å². The van der Waals surface area contributed by atoms with Crippen molar-refractivity contribution in [1.82, 2.24) is 7.96 Å². The van der Waals surface area contributed by atoms with Crippen molar-refractivity contribution in [3.8, 4) is 0 Å². The van der Waals surface area contributed by atoms with E-state index >= 15 is 0 Å². The first-order valence-corrected chi connectivity index (χ1v) is 4.79. The molecule has 2 rings (SSSR count). The molecular formula is C7H7N3Se. The molecule has 1 aromatic heterocycles. The summed E-state index contributed by atoms with van der Waals surface area (Å²) in [5.41, 5.74) is 9.48. The zero-order chi connectivity index (χ0) is 7.84. The zero-order valence-electron chi connectivity index (χ0n) is 6.03. The van der Waals surface area contributed by atoms with Gasteiger partial charge in [0.2, 0.25) is 0 Å². The average molecular weight is 212 g/mol. The number of hydrogen-bond acceptors (Lipinski definition) is 3. The minimum atomic E-state index is 0.0320. The molecule has 1 aromatic carbocycles. The van der Waals surface area contributed by atoms with Gasteiger partial charge in [-0.25, -0.2) is 0 Å². The molecule has 3 nitrogen and oxygen atoms in total. The Morgan fingerprint density at radius 3 is 3.00 bits per heavy atom. The SMILES string of the molecule is Cc1cc(N)c2n[se]nc2c1. The second-order valence-electron chi connectivity index (χ2n) is 2.49. The third-order valence-electron chi connectivity index (χ3n) is 1.53. The van der Waals surface area contributed by atoms with Gasteiger partial charge in [-0.15, -0.1) is 0 Å². The summed E-state index contributed by atoms with van der Waals surface area (Å²) in [6, 6.07) is 3.95. The molecular weight excluding hydrogens is 205 g/mol. The van der Waals surface area contributed by atoms with Gasteiger partial charge in [-0.2, -0.15) is 0 Å². The summed E-state index contributed by atoms with van der Waals surface area (Å²) in [5, 5.41) is 0. The van der Waals surface area contributed by atoms with E-state index in [1.807, 2.05) is 19.1 Å². The van der Waals surface area contributed by atoms with Crippen LogP contribution in [0.15, 0.2) is 12.1 Å². The van der Waals surface area contributed by atoms with E-state index in [-0.39, 0.29) is 15.0 Å². The Kier molecular flexibility index (Phi) is 1.44. The van der Waals surface area contributed by atoms with Crippen LogP contribution in [0.3, 0.4) is 0 Å². The Morgan fingerprint density at radius 1 is 1.36 bits per heavy atom. The van der Waals surface area contributed by atoms with E-state index in [2.05, 4.69) is 7.96 Å². The van der Waals surface area contributed by atoms with Gasteiger partial charge in [0.25, 0.3) is 0 Å². The number of benzene rings is 1. The quantitative estimate of drug-likeness (QED) is 0.513. The van der Waals surface area contributed by atoms with Gasteiger partial charge in [-0.1, -0.05) is 0 Å². The molecule has 0 amide bonds. The monoisotopic (exact) mass is 213 g/mol. The molecule has 0 unspecified atom stereocenters. The van der Waals surface area contributed by atoms with E-state index in [1.54, 1.807) is 0 Å². The van der Waals surface area contributed by atoms with Gasteiger partial charge >= 0.3 is 70.0 Å². The van der Waals surface area contributed by atoms with Crippen LogP contribution in [0.4, 0.5) is 5.69 Å². The number of aromatic nitrogens is 2. The molecule has 0 aliphatic heterocycles. The number of nitrogens with zero attached hydrogens (tertiary/aromatic N) is 2. The molecule has 4 heteroatoms.